The van der Waals surface area contributed by atoms with Crippen molar-refractivity contribution in [3.05, 3.63) is 25.3 Å². The third-order valence-electron chi connectivity index (χ3n) is 5.49. The number of hydrogen-bond donors (Lipinski definition) is 3. The summed E-state index contributed by atoms with van der Waals surface area (Å²) < 4.78 is 48.2. The molecule has 0 saturated carbocycles. The van der Waals surface area contributed by atoms with E-state index in [0.717, 1.165) is 0 Å². The predicted octanol–water partition coefficient (Wildman–Crippen LogP) is -0.752. The third-order valence-corrected chi connectivity index (χ3v) is 5.49. The second-order valence-electron chi connectivity index (χ2n) is 7.81. The first-order valence-corrected chi connectivity index (χ1v) is 11.2. The van der Waals surface area contributed by atoms with E-state index in [0.29, 0.717) is 13.2 Å². The molecule has 2 aliphatic rings. The maximum Gasteiger partial charge on any atom is 0.187 e. The van der Waals surface area contributed by atoms with Crippen molar-refractivity contribution in [2.75, 3.05) is 62.0 Å². The zero-order valence-electron chi connectivity index (χ0n) is 21.2. The lowest BCUT2D eigenvalue weighted by Crippen LogP contribution is -2.61. The lowest BCUT2D eigenvalue weighted by atomic mass is 9.98. The zero-order valence-corrected chi connectivity index (χ0v) is 21.2. The van der Waals surface area contributed by atoms with Crippen LogP contribution in [0.3, 0.4) is 0 Å². The Morgan fingerprint density at radius 2 is 1.11 bits per heavy atom. The molecule has 2 rings (SSSR count). The van der Waals surface area contributed by atoms with Crippen LogP contribution in [0.25, 0.3) is 0 Å². The van der Waals surface area contributed by atoms with E-state index in [2.05, 4.69) is 13.2 Å². The molecule has 12 heteroatoms. The van der Waals surface area contributed by atoms with E-state index in [1.165, 1.54) is 13.2 Å². The molecule has 206 valence electrons. The first-order valence-electron chi connectivity index (χ1n) is 11.2. The van der Waals surface area contributed by atoms with E-state index in [-0.39, 0.29) is 37.6 Å². The van der Waals surface area contributed by atoms with E-state index < -0.39 is 37.0 Å². The quantitative estimate of drug-likeness (QED) is 0.268. The molecular weight excluding hydrogens is 468 g/mol. The van der Waals surface area contributed by atoms with Crippen LogP contribution < -0.4 is 0 Å². The third kappa shape index (κ3) is 9.11. The smallest absolute Gasteiger partial charge is 0.187 e. The van der Waals surface area contributed by atoms with Crippen LogP contribution in [0.5, 0.6) is 0 Å². The van der Waals surface area contributed by atoms with Gasteiger partial charge in [0.15, 0.2) is 12.6 Å². The fourth-order valence-electron chi connectivity index (χ4n) is 3.79. The summed E-state index contributed by atoms with van der Waals surface area (Å²) >= 11 is 0. The number of aliphatic hydroxyl groups excluding tert-OH is 3. The summed E-state index contributed by atoms with van der Waals surface area (Å²) in [7, 11) is 7.88. The van der Waals surface area contributed by atoms with Gasteiger partial charge in [-0.3, -0.25) is 0 Å². The highest BCUT2D eigenvalue weighted by atomic mass is 16.7. The minimum Gasteiger partial charge on any atom is -0.387 e. The Balaban J connectivity index is 0.000000355. The van der Waals surface area contributed by atoms with Crippen LogP contribution >= 0.6 is 0 Å². The average Bonchev–Trinajstić information content (AvgIpc) is 2.87. The molecule has 3 N–H and O–H groups in total. The van der Waals surface area contributed by atoms with Crippen LogP contribution in [0.1, 0.15) is 0 Å². The molecule has 0 spiro atoms. The molecule has 0 aromatic rings. The molecule has 35 heavy (non-hydrogen) atoms. The maximum atomic E-state index is 9.59. The van der Waals surface area contributed by atoms with Crippen LogP contribution in [0, 0.1) is 0 Å². The molecule has 0 radical (unpaired) electrons. The van der Waals surface area contributed by atoms with Gasteiger partial charge in [-0.1, -0.05) is 12.2 Å². The largest absolute Gasteiger partial charge is 0.387 e. The number of aliphatic hydroxyl groups is 3. The Labute approximate surface area is 207 Å². The molecule has 12 nitrogen and oxygen atoms in total. The Bertz CT molecular complexity index is 579. The topological polar surface area (TPSA) is 144 Å². The highest BCUT2D eigenvalue weighted by Crippen LogP contribution is 2.28. The number of methoxy groups -OCH3 is 5. The van der Waals surface area contributed by atoms with E-state index >= 15 is 0 Å². The van der Waals surface area contributed by atoms with Gasteiger partial charge in [0.25, 0.3) is 0 Å². The van der Waals surface area contributed by atoms with Crippen molar-refractivity contribution in [2.24, 2.45) is 0 Å². The molecule has 0 aromatic heterocycles. The fraction of sp³-hybridized carbons (Fsp3) is 0.826. The summed E-state index contributed by atoms with van der Waals surface area (Å²) in [6, 6.07) is 0. The highest BCUT2D eigenvalue weighted by Gasteiger charge is 2.47. The molecule has 2 saturated heterocycles. The standard InChI is InChI=1S/C13H24O6.C10H18O6/c1-6-7-18-13-12(17-5)11(16-4)10(15-3)9(19-13)8-14-2;1-3-4-15-10-9(13)8(12)7(11)6(16-10)5-14-2/h6,9-13H,1,7-8H2,2-5H3;3,6-13H,1,4-5H2,2H3. The molecular formula is C23H42O12. The number of rotatable bonds is 13. The molecule has 0 aliphatic carbocycles. The lowest BCUT2D eigenvalue weighted by molar-refractivity contribution is -0.311. The second-order valence-corrected chi connectivity index (χ2v) is 7.81. The monoisotopic (exact) mass is 510 g/mol. The van der Waals surface area contributed by atoms with Crippen molar-refractivity contribution >= 4 is 0 Å². The first kappa shape index (κ1) is 32.0. The lowest BCUT2D eigenvalue weighted by Gasteiger charge is -2.44. The molecule has 2 fully saturated rings. The van der Waals surface area contributed by atoms with Gasteiger partial charge in [-0.25, -0.2) is 0 Å². The number of ether oxygens (including phenoxy) is 9. The zero-order chi connectivity index (χ0) is 26.4. The molecule has 2 aliphatic heterocycles. The van der Waals surface area contributed by atoms with Crippen molar-refractivity contribution in [1.82, 2.24) is 0 Å². The van der Waals surface area contributed by atoms with Crippen molar-refractivity contribution in [2.45, 2.75) is 61.4 Å². The Morgan fingerprint density at radius 1 is 0.629 bits per heavy atom. The van der Waals surface area contributed by atoms with Gasteiger partial charge in [0.05, 0.1) is 26.4 Å². The second kappa shape index (κ2) is 17.5. The first-order chi connectivity index (χ1) is 16.8. The van der Waals surface area contributed by atoms with Gasteiger partial charge in [0.1, 0.15) is 48.8 Å². The summed E-state index contributed by atoms with van der Waals surface area (Å²) in [5.41, 5.74) is 0. The van der Waals surface area contributed by atoms with E-state index in [1.54, 1.807) is 34.5 Å². The van der Waals surface area contributed by atoms with E-state index in [1.807, 2.05) is 0 Å². The Morgan fingerprint density at radius 3 is 1.60 bits per heavy atom. The van der Waals surface area contributed by atoms with Crippen molar-refractivity contribution in [1.29, 1.82) is 0 Å². The highest BCUT2D eigenvalue weighted by molar-refractivity contribution is 4.92. The van der Waals surface area contributed by atoms with Gasteiger partial charge in [-0.2, -0.15) is 0 Å². The van der Waals surface area contributed by atoms with Gasteiger partial charge in [0.2, 0.25) is 0 Å². The molecule has 0 bridgehead atoms. The van der Waals surface area contributed by atoms with E-state index in [4.69, 9.17) is 42.6 Å². The number of hydrogen-bond acceptors (Lipinski definition) is 12. The summed E-state index contributed by atoms with van der Waals surface area (Å²) in [6.45, 7) is 8.14. The average molecular weight is 511 g/mol. The van der Waals surface area contributed by atoms with Crippen molar-refractivity contribution < 1.29 is 58.0 Å². The molecule has 10 atom stereocenters. The maximum absolute atomic E-state index is 9.59. The predicted molar refractivity (Wildman–Crippen MR) is 124 cm³/mol. The van der Waals surface area contributed by atoms with Crippen molar-refractivity contribution in [3.8, 4) is 0 Å². The molecule has 2 heterocycles. The van der Waals surface area contributed by atoms with E-state index in [9.17, 15) is 15.3 Å². The van der Waals surface area contributed by atoms with Gasteiger partial charge in [-0.15, -0.1) is 13.2 Å². The molecule has 0 amide bonds. The minimum atomic E-state index is -1.32. The SMILES string of the molecule is C=CCOC1OC(COC)C(O)C(O)C1O.C=CCOC1OC(COC)C(OC)C(OC)C1OC. The summed E-state index contributed by atoms with van der Waals surface area (Å²) in [4.78, 5) is 0. The van der Waals surface area contributed by atoms with Crippen molar-refractivity contribution in [3.63, 3.8) is 0 Å². The van der Waals surface area contributed by atoms with Gasteiger partial charge >= 0.3 is 0 Å². The summed E-state index contributed by atoms with van der Waals surface area (Å²) in [6.07, 6.45) is -4.12. The fourth-order valence-corrected chi connectivity index (χ4v) is 3.79. The Kier molecular flexibility index (Phi) is 16.0. The van der Waals surface area contributed by atoms with Gasteiger partial charge in [-0.05, 0) is 0 Å². The van der Waals surface area contributed by atoms with Crippen LogP contribution in [0.4, 0.5) is 0 Å². The minimum absolute atomic E-state index is 0.110. The van der Waals surface area contributed by atoms with Gasteiger partial charge < -0.3 is 58.0 Å². The summed E-state index contributed by atoms with van der Waals surface area (Å²) in [5.74, 6) is 0. The van der Waals surface area contributed by atoms with Crippen LogP contribution in [-0.4, -0.2) is 139 Å². The Hall–Kier alpha value is -1.00. The van der Waals surface area contributed by atoms with Crippen LogP contribution in [-0.2, 0) is 42.6 Å². The molecule has 0 aromatic carbocycles. The van der Waals surface area contributed by atoms with Crippen LogP contribution in [0.2, 0.25) is 0 Å². The normalized spacial score (nSPS) is 37.3. The summed E-state index contributed by atoms with van der Waals surface area (Å²) in [5, 5.41) is 28.7. The van der Waals surface area contributed by atoms with Gasteiger partial charge in [0, 0.05) is 35.5 Å². The van der Waals surface area contributed by atoms with Crippen LogP contribution in [0.15, 0.2) is 25.3 Å². The molecule has 10 unspecified atom stereocenters.